The highest BCUT2D eigenvalue weighted by Gasteiger charge is 2.48. The molecule has 1 aliphatic carbocycles. The predicted molar refractivity (Wildman–Crippen MR) is 117 cm³/mol. The maximum absolute atomic E-state index is 15.1. The summed E-state index contributed by atoms with van der Waals surface area (Å²) in [7, 11) is -4.35. The van der Waals surface area contributed by atoms with E-state index in [4.69, 9.17) is 0 Å². The molecular formula is C23H22F4N4O2S. The molecule has 2 aliphatic rings. The highest BCUT2D eigenvalue weighted by molar-refractivity contribution is 7.92. The van der Waals surface area contributed by atoms with Crippen LogP contribution in [-0.2, 0) is 21.6 Å². The van der Waals surface area contributed by atoms with Crippen molar-refractivity contribution in [1.29, 1.82) is 0 Å². The summed E-state index contributed by atoms with van der Waals surface area (Å²) >= 11 is 0. The van der Waals surface area contributed by atoms with Crippen LogP contribution < -0.4 is 4.31 Å². The standard InChI is InChI=1S/C23H22F4N4O2S/c1-22(2,3)19-15(24)7-8-16-18(19)20-14(11-29-30-20)21(12-4-5-12)31(16)34(32,33)13-6-9-17(28-10-13)23(25,26)27/h6-12,21H,4-5H2,1-3H3,(H,29,30). The number of pyridine rings is 1. The lowest BCUT2D eigenvalue weighted by Crippen LogP contribution is -2.39. The van der Waals surface area contributed by atoms with E-state index in [1.165, 1.54) is 16.4 Å². The van der Waals surface area contributed by atoms with Crippen molar-refractivity contribution < 1.29 is 26.0 Å². The number of rotatable bonds is 3. The maximum atomic E-state index is 15.1. The smallest absolute Gasteiger partial charge is 0.277 e. The molecule has 0 bridgehead atoms. The van der Waals surface area contributed by atoms with Crippen molar-refractivity contribution >= 4 is 15.7 Å². The molecule has 2 aromatic heterocycles. The Morgan fingerprint density at radius 2 is 1.76 bits per heavy atom. The summed E-state index contributed by atoms with van der Waals surface area (Å²) in [5.41, 5.74) is 0.312. The first-order chi connectivity index (χ1) is 15.8. The zero-order chi connectivity index (χ0) is 24.6. The van der Waals surface area contributed by atoms with Gasteiger partial charge in [-0.05, 0) is 48.4 Å². The highest BCUT2D eigenvalue weighted by atomic mass is 32.2. The lowest BCUT2D eigenvalue weighted by atomic mass is 9.79. The van der Waals surface area contributed by atoms with Crippen molar-refractivity contribution in [2.45, 2.75) is 56.1 Å². The van der Waals surface area contributed by atoms with Crippen molar-refractivity contribution in [2.24, 2.45) is 5.92 Å². The van der Waals surface area contributed by atoms with Gasteiger partial charge < -0.3 is 0 Å². The number of nitrogens with one attached hydrogen (secondary N) is 1. The molecule has 1 N–H and O–H groups in total. The van der Waals surface area contributed by atoms with Gasteiger partial charge in [0.05, 0.1) is 23.6 Å². The Balaban J connectivity index is 1.76. The van der Waals surface area contributed by atoms with Gasteiger partial charge in [0.2, 0.25) is 0 Å². The minimum absolute atomic E-state index is 0.00447. The third kappa shape index (κ3) is 3.48. The fourth-order valence-electron chi connectivity index (χ4n) is 4.68. The van der Waals surface area contributed by atoms with Crippen molar-refractivity contribution in [3.05, 3.63) is 59.3 Å². The second kappa shape index (κ2) is 7.27. The van der Waals surface area contributed by atoms with E-state index in [1.807, 2.05) is 20.8 Å². The van der Waals surface area contributed by atoms with Crippen LogP contribution in [0.2, 0.25) is 0 Å². The molecule has 1 aromatic carbocycles. The summed E-state index contributed by atoms with van der Waals surface area (Å²) in [4.78, 5) is 2.98. The molecule has 1 saturated carbocycles. The molecule has 34 heavy (non-hydrogen) atoms. The quantitative estimate of drug-likeness (QED) is 0.482. The lowest BCUT2D eigenvalue weighted by Gasteiger charge is -2.39. The number of alkyl halides is 3. The molecule has 1 fully saturated rings. The monoisotopic (exact) mass is 494 g/mol. The van der Waals surface area contributed by atoms with Crippen LogP contribution in [0.4, 0.5) is 23.2 Å². The second-order valence-corrected chi connectivity index (χ2v) is 11.5. The Morgan fingerprint density at radius 1 is 1.06 bits per heavy atom. The molecule has 0 spiro atoms. The summed E-state index contributed by atoms with van der Waals surface area (Å²) in [5, 5.41) is 7.06. The Kier molecular flexibility index (Phi) is 4.88. The van der Waals surface area contributed by atoms with Crippen LogP contribution in [0.5, 0.6) is 0 Å². The molecule has 5 rings (SSSR count). The summed E-state index contributed by atoms with van der Waals surface area (Å²) in [6, 6.07) is 3.59. The summed E-state index contributed by atoms with van der Waals surface area (Å²) in [6.45, 7) is 5.48. The van der Waals surface area contributed by atoms with E-state index in [9.17, 15) is 21.6 Å². The average molecular weight is 495 g/mol. The lowest BCUT2D eigenvalue weighted by molar-refractivity contribution is -0.141. The predicted octanol–water partition coefficient (Wildman–Crippen LogP) is 5.59. The number of aromatic amines is 1. The Hall–Kier alpha value is -2.95. The maximum Gasteiger partial charge on any atom is 0.433 e. The van der Waals surface area contributed by atoms with Gasteiger partial charge in [0.25, 0.3) is 10.0 Å². The van der Waals surface area contributed by atoms with Crippen LogP contribution in [0.15, 0.2) is 41.6 Å². The molecular weight excluding hydrogens is 472 g/mol. The van der Waals surface area contributed by atoms with Crippen LogP contribution >= 0.6 is 0 Å². The van der Waals surface area contributed by atoms with Crippen molar-refractivity contribution in [1.82, 2.24) is 15.2 Å². The Labute approximate surface area is 194 Å². The van der Waals surface area contributed by atoms with Crippen LogP contribution in [0.3, 0.4) is 0 Å². The van der Waals surface area contributed by atoms with Crippen LogP contribution in [0.25, 0.3) is 11.3 Å². The van der Waals surface area contributed by atoms with Gasteiger partial charge in [-0.2, -0.15) is 18.3 Å². The molecule has 1 atom stereocenters. The van der Waals surface area contributed by atoms with Crippen molar-refractivity contribution in [3.63, 3.8) is 0 Å². The van der Waals surface area contributed by atoms with E-state index in [2.05, 4.69) is 15.2 Å². The van der Waals surface area contributed by atoms with Gasteiger partial charge in [-0.1, -0.05) is 20.8 Å². The van der Waals surface area contributed by atoms with E-state index >= 15 is 4.39 Å². The Morgan fingerprint density at radius 3 is 2.32 bits per heavy atom. The molecule has 1 aliphatic heterocycles. The normalized spacial score (nSPS) is 18.6. The molecule has 180 valence electrons. The van der Waals surface area contributed by atoms with Crippen LogP contribution in [-0.4, -0.2) is 23.6 Å². The number of anilines is 1. The second-order valence-electron chi connectivity index (χ2n) is 9.73. The first-order valence-corrected chi connectivity index (χ1v) is 12.2. The number of H-pyrrole nitrogens is 1. The van der Waals surface area contributed by atoms with Gasteiger partial charge in [-0.15, -0.1) is 0 Å². The van der Waals surface area contributed by atoms with E-state index in [0.717, 1.165) is 25.1 Å². The minimum Gasteiger partial charge on any atom is -0.277 e. The first kappa shape index (κ1) is 22.8. The van der Waals surface area contributed by atoms with Crippen LogP contribution in [0, 0.1) is 11.7 Å². The largest absolute Gasteiger partial charge is 0.433 e. The number of nitrogens with zero attached hydrogens (tertiary/aromatic N) is 3. The number of sulfonamides is 1. The molecule has 6 nitrogen and oxygen atoms in total. The molecule has 0 amide bonds. The number of benzene rings is 1. The van der Waals surface area contributed by atoms with E-state index < -0.39 is 39.2 Å². The number of hydrogen-bond donors (Lipinski definition) is 1. The Bertz CT molecular complexity index is 1370. The molecule has 0 saturated heterocycles. The van der Waals surface area contributed by atoms with E-state index in [-0.39, 0.29) is 16.5 Å². The van der Waals surface area contributed by atoms with Gasteiger partial charge in [-0.3, -0.25) is 14.4 Å². The third-order valence-corrected chi connectivity index (χ3v) is 8.04. The average Bonchev–Trinajstić information content (AvgIpc) is 3.46. The fourth-order valence-corrected chi connectivity index (χ4v) is 6.33. The van der Waals surface area contributed by atoms with Gasteiger partial charge >= 0.3 is 6.18 Å². The van der Waals surface area contributed by atoms with Gasteiger partial charge in [0, 0.05) is 22.9 Å². The number of halogens is 4. The topological polar surface area (TPSA) is 79.0 Å². The summed E-state index contributed by atoms with van der Waals surface area (Å²) in [6.07, 6.45) is -0.848. The summed E-state index contributed by atoms with van der Waals surface area (Å²) < 4.78 is 83.2. The van der Waals surface area contributed by atoms with Crippen molar-refractivity contribution in [3.8, 4) is 11.3 Å². The van der Waals surface area contributed by atoms with Gasteiger partial charge in [-0.25, -0.2) is 12.8 Å². The zero-order valence-electron chi connectivity index (χ0n) is 18.6. The number of fused-ring (bicyclic) bond motifs is 3. The molecule has 3 aromatic rings. The van der Waals surface area contributed by atoms with Crippen LogP contribution in [0.1, 0.15) is 56.5 Å². The molecule has 1 unspecified atom stereocenters. The van der Waals surface area contributed by atoms with Gasteiger partial charge in [0.1, 0.15) is 16.4 Å². The fraction of sp³-hybridized carbons (Fsp3) is 0.391. The molecule has 0 radical (unpaired) electrons. The number of aromatic nitrogens is 3. The van der Waals surface area contributed by atoms with E-state index in [1.54, 1.807) is 6.20 Å². The minimum atomic E-state index is -4.69. The first-order valence-electron chi connectivity index (χ1n) is 10.8. The molecule has 3 heterocycles. The summed E-state index contributed by atoms with van der Waals surface area (Å²) in [5.74, 6) is -0.477. The third-order valence-electron chi connectivity index (χ3n) is 6.26. The highest BCUT2D eigenvalue weighted by Crippen LogP contribution is 2.56. The van der Waals surface area contributed by atoms with Gasteiger partial charge in [0.15, 0.2) is 0 Å². The zero-order valence-corrected chi connectivity index (χ0v) is 19.4. The van der Waals surface area contributed by atoms with Crippen molar-refractivity contribution in [2.75, 3.05) is 4.31 Å². The molecule has 11 heteroatoms. The SMILES string of the molecule is CC(C)(C)c1c(F)ccc2c1-c1[nH]ncc1C(C1CC1)N2S(=O)(=O)c1ccc(C(F)(F)F)nc1. The number of hydrogen-bond acceptors (Lipinski definition) is 4. The van der Waals surface area contributed by atoms with E-state index in [0.29, 0.717) is 28.5 Å².